The highest BCUT2D eigenvalue weighted by molar-refractivity contribution is 7.92. The largest absolute Gasteiger partial charge is 0.478 e. The van der Waals surface area contributed by atoms with Crippen molar-refractivity contribution in [1.82, 2.24) is 10.2 Å². The number of anilines is 1. The molecule has 8 heteroatoms. The summed E-state index contributed by atoms with van der Waals surface area (Å²) in [4.78, 5) is 10.9. The zero-order valence-electron chi connectivity index (χ0n) is 10.3. The van der Waals surface area contributed by atoms with E-state index in [2.05, 4.69) is 10.2 Å². The van der Waals surface area contributed by atoms with Gasteiger partial charge in [-0.15, -0.1) is 0 Å². The highest BCUT2D eigenvalue weighted by Gasteiger charge is 2.32. The number of benzene rings is 1. The summed E-state index contributed by atoms with van der Waals surface area (Å²) in [5.41, 5.74) is 1.39. The van der Waals surface area contributed by atoms with Gasteiger partial charge in [-0.05, 0) is 36.2 Å². The van der Waals surface area contributed by atoms with Crippen LogP contribution in [0, 0.1) is 0 Å². The number of carbonyl (C=O) groups is 1. The first-order valence-electron chi connectivity index (χ1n) is 5.88. The van der Waals surface area contributed by atoms with Gasteiger partial charge in [-0.25, -0.2) is 4.79 Å². The molecule has 0 aliphatic carbocycles. The average molecular weight is 293 g/mol. The number of rotatable bonds is 3. The molecule has 3 rings (SSSR count). The number of carboxylic acid groups (broad SMARTS) is 1. The molecular weight excluding hydrogens is 282 g/mol. The molecule has 0 amide bonds. The van der Waals surface area contributed by atoms with Gasteiger partial charge >= 0.3 is 5.97 Å². The predicted molar refractivity (Wildman–Crippen MR) is 70.2 cm³/mol. The minimum Gasteiger partial charge on any atom is -0.478 e. The highest BCUT2D eigenvalue weighted by Crippen LogP contribution is 2.33. The number of fused-ring (bicyclic) bond motifs is 1. The number of nitrogens with one attached hydrogen (secondary N) is 1. The molecule has 104 valence electrons. The number of H-pyrrole nitrogens is 1. The Kier molecular flexibility index (Phi) is 2.75. The van der Waals surface area contributed by atoms with Crippen LogP contribution < -0.4 is 4.31 Å². The van der Waals surface area contributed by atoms with Crippen LogP contribution in [0.25, 0.3) is 0 Å². The number of hydrogen-bond donors (Lipinski definition) is 2. The Balaban J connectivity index is 2.04. The van der Waals surface area contributed by atoms with Gasteiger partial charge in [0.25, 0.3) is 10.0 Å². The van der Waals surface area contributed by atoms with Crippen LogP contribution in [0.1, 0.15) is 15.9 Å². The van der Waals surface area contributed by atoms with E-state index in [1.807, 2.05) is 0 Å². The third kappa shape index (κ3) is 1.85. The van der Waals surface area contributed by atoms with Gasteiger partial charge in [0.2, 0.25) is 0 Å². The molecule has 0 radical (unpaired) electrons. The number of aromatic carboxylic acids is 1. The zero-order chi connectivity index (χ0) is 14.3. The fourth-order valence-electron chi connectivity index (χ4n) is 2.26. The number of aromatic amines is 1. The van der Waals surface area contributed by atoms with Crippen molar-refractivity contribution in [3.8, 4) is 0 Å². The van der Waals surface area contributed by atoms with Gasteiger partial charge in [0.1, 0.15) is 0 Å². The molecule has 0 atom stereocenters. The van der Waals surface area contributed by atoms with Gasteiger partial charge in [-0.3, -0.25) is 9.40 Å². The molecule has 0 bridgehead atoms. The first-order valence-corrected chi connectivity index (χ1v) is 7.32. The summed E-state index contributed by atoms with van der Waals surface area (Å²) in [6, 6.07) is 5.83. The molecule has 2 heterocycles. The summed E-state index contributed by atoms with van der Waals surface area (Å²) in [6.45, 7) is 0.291. The molecule has 1 aliphatic rings. The van der Waals surface area contributed by atoms with Crippen LogP contribution in [0.15, 0.2) is 35.5 Å². The molecule has 0 fully saturated rings. The van der Waals surface area contributed by atoms with Crippen molar-refractivity contribution in [3.63, 3.8) is 0 Å². The van der Waals surface area contributed by atoms with Gasteiger partial charge < -0.3 is 5.11 Å². The van der Waals surface area contributed by atoms with E-state index in [4.69, 9.17) is 5.11 Å². The van der Waals surface area contributed by atoms with Gasteiger partial charge in [-0.1, -0.05) is 0 Å². The Hall–Kier alpha value is -2.35. The van der Waals surface area contributed by atoms with Crippen LogP contribution in [0.5, 0.6) is 0 Å². The molecule has 7 nitrogen and oxygen atoms in total. The lowest BCUT2D eigenvalue weighted by atomic mass is 10.1. The third-order valence-electron chi connectivity index (χ3n) is 3.22. The lowest BCUT2D eigenvalue weighted by Crippen LogP contribution is -2.29. The average Bonchev–Trinajstić information content (AvgIpc) is 3.07. The topological polar surface area (TPSA) is 103 Å². The van der Waals surface area contributed by atoms with Crippen LogP contribution in [-0.2, 0) is 16.4 Å². The Morgan fingerprint density at radius 1 is 1.35 bits per heavy atom. The maximum Gasteiger partial charge on any atom is 0.335 e. The normalized spacial score (nSPS) is 14.3. The number of nitrogens with zero attached hydrogens (tertiary/aromatic N) is 2. The second kappa shape index (κ2) is 4.34. The van der Waals surface area contributed by atoms with E-state index in [0.29, 0.717) is 24.2 Å². The van der Waals surface area contributed by atoms with Gasteiger partial charge in [-0.2, -0.15) is 13.5 Å². The summed E-state index contributed by atoms with van der Waals surface area (Å²) < 4.78 is 26.1. The van der Waals surface area contributed by atoms with E-state index in [1.54, 1.807) is 0 Å². The number of aromatic nitrogens is 2. The van der Waals surface area contributed by atoms with Crippen LogP contribution in [0.4, 0.5) is 5.69 Å². The quantitative estimate of drug-likeness (QED) is 0.873. The Morgan fingerprint density at radius 3 is 2.80 bits per heavy atom. The van der Waals surface area contributed by atoms with Crippen molar-refractivity contribution in [1.29, 1.82) is 0 Å². The lowest BCUT2D eigenvalue weighted by Gasteiger charge is -2.18. The van der Waals surface area contributed by atoms with Crippen molar-refractivity contribution in [2.24, 2.45) is 0 Å². The van der Waals surface area contributed by atoms with E-state index >= 15 is 0 Å². The monoisotopic (exact) mass is 293 g/mol. The Morgan fingerprint density at radius 2 is 2.15 bits per heavy atom. The molecule has 1 aliphatic heterocycles. The van der Waals surface area contributed by atoms with Gasteiger partial charge in [0.05, 0.1) is 17.4 Å². The molecule has 2 N–H and O–H groups in total. The van der Waals surface area contributed by atoms with E-state index in [0.717, 1.165) is 0 Å². The third-order valence-corrected chi connectivity index (χ3v) is 4.97. The van der Waals surface area contributed by atoms with Crippen molar-refractivity contribution in [2.45, 2.75) is 11.4 Å². The lowest BCUT2D eigenvalue weighted by molar-refractivity contribution is 0.0697. The SMILES string of the molecule is O=C(O)c1ccc2c(c1)CCN2S(=O)(=O)c1ccn[nH]1. The first kappa shape index (κ1) is 12.7. The second-order valence-electron chi connectivity index (χ2n) is 4.40. The van der Waals surface area contributed by atoms with Crippen molar-refractivity contribution >= 4 is 21.7 Å². The molecule has 2 aromatic rings. The van der Waals surface area contributed by atoms with E-state index in [1.165, 1.54) is 34.8 Å². The molecule has 0 spiro atoms. The van der Waals surface area contributed by atoms with E-state index in [9.17, 15) is 13.2 Å². The van der Waals surface area contributed by atoms with Crippen molar-refractivity contribution in [2.75, 3.05) is 10.8 Å². The van der Waals surface area contributed by atoms with Crippen molar-refractivity contribution < 1.29 is 18.3 Å². The molecular formula is C12H11N3O4S. The summed E-state index contributed by atoms with van der Waals surface area (Å²) in [7, 11) is -3.67. The van der Waals surface area contributed by atoms with Gasteiger partial charge in [0.15, 0.2) is 5.03 Å². The second-order valence-corrected chi connectivity index (χ2v) is 6.23. The molecule has 0 saturated carbocycles. The number of hydrogen-bond acceptors (Lipinski definition) is 4. The Labute approximate surface area is 114 Å². The summed E-state index contributed by atoms with van der Waals surface area (Å²) in [5, 5.41) is 15.1. The van der Waals surface area contributed by atoms with Crippen LogP contribution in [0.3, 0.4) is 0 Å². The smallest absolute Gasteiger partial charge is 0.335 e. The maximum atomic E-state index is 12.4. The number of sulfonamides is 1. The molecule has 0 unspecified atom stereocenters. The fourth-order valence-corrected chi connectivity index (χ4v) is 3.67. The summed E-state index contributed by atoms with van der Waals surface area (Å²) >= 11 is 0. The first-order chi connectivity index (χ1) is 9.50. The molecule has 1 aromatic carbocycles. The minimum atomic E-state index is -3.67. The van der Waals surface area contributed by atoms with Crippen LogP contribution in [-0.4, -0.2) is 36.2 Å². The molecule has 1 aromatic heterocycles. The van der Waals surface area contributed by atoms with E-state index in [-0.39, 0.29) is 10.6 Å². The summed E-state index contributed by atoms with van der Waals surface area (Å²) in [6.07, 6.45) is 1.86. The zero-order valence-corrected chi connectivity index (χ0v) is 11.1. The van der Waals surface area contributed by atoms with Crippen molar-refractivity contribution in [3.05, 3.63) is 41.6 Å². The van der Waals surface area contributed by atoms with Gasteiger partial charge in [0, 0.05) is 6.54 Å². The Bertz CT molecular complexity index is 768. The maximum absolute atomic E-state index is 12.4. The fraction of sp³-hybridized carbons (Fsp3) is 0.167. The summed E-state index contributed by atoms with van der Waals surface area (Å²) in [5.74, 6) is -1.03. The standard InChI is InChI=1S/C12H11N3O4S/c16-12(17)9-1-2-10-8(7-9)4-6-15(10)20(18,19)11-3-5-13-14-11/h1-3,5,7H,4,6H2,(H,13,14)(H,16,17). The molecule has 0 saturated heterocycles. The minimum absolute atomic E-state index is 0.0210. The van der Waals surface area contributed by atoms with E-state index < -0.39 is 16.0 Å². The molecule has 20 heavy (non-hydrogen) atoms. The van der Waals surface area contributed by atoms with Crippen LogP contribution >= 0.6 is 0 Å². The predicted octanol–water partition coefficient (Wildman–Crippen LogP) is 0.859. The highest BCUT2D eigenvalue weighted by atomic mass is 32.2. The van der Waals surface area contributed by atoms with Crippen LogP contribution in [0.2, 0.25) is 0 Å². The number of carboxylic acids is 1.